The zero-order chi connectivity index (χ0) is 24.1. The molecular formula is C23H26O10. The minimum Gasteiger partial charge on any atom is -0.506 e. The molecule has 0 fully saturated rings. The van der Waals surface area contributed by atoms with E-state index in [2.05, 4.69) is 0 Å². The zero-order valence-electron chi connectivity index (χ0n) is 19.3. The summed E-state index contributed by atoms with van der Waals surface area (Å²) in [6, 6.07) is 4.66. The van der Waals surface area contributed by atoms with E-state index in [-0.39, 0.29) is 52.9 Å². The van der Waals surface area contributed by atoms with Crippen LogP contribution in [-0.2, 0) is 16.1 Å². The highest BCUT2D eigenvalue weighted by atomic mass is 16.7. The van der Waals surface area contributed by atoms with Crippen LogP contribution in [0.5, 0.6) is 34.5 Å². The van der Waals surface area contributed by atoms with Crippen LogP contribution in [0.25, 0.3) is 22.1 Å². The van der Waals surface area contributed by atoms with Gasteiger partial charge in [0.15, 0.2) is 23.0 Å². The number of hydrogen-bond donors (Lipinski definition) is 1. The smallest absolute Gasteiger partial charge is 0.348 e. The molecule has 3 aromatic rings. The van der Waals surface area contributed by atoms with Crippen LogP contribution in [0, 0.1) is 0 Å². The summed E-state index contributed by atoms with van der Waals surface area (Å²) >= 11 is 0. The fourth-order valence-corrected chi connectivity index (χ4v) is 3.56. The van der Waals surface area contributed by atoms with Gasteiger partial charge in [-0.25, -0.2) is 4.79 Å². The Morgan fingerprint density at radius 3 is 2.03 bits per heavy atom. The fraction of sp³-hybridized carbons (Fsp3) is 0.348. The van der Waals surface area contributed by atoms with Gasteiger partial charge >= 0.3 is 5.63 Å². The molecule has 0 radical (unpaired) electrons. The molecule has 0 atom stereocenters. The molecular weight excluding hydrogens is 436 g/mol. The minimum absolute atomic E-state index is 0.0247. The Hall–Kier alpha value is -3.63. The standard InChI is InChI=1S/C23H26O10/c1-26-11-32-10-12-7-14(27-2)15(28-3)8-13(12)18-20(24)19-16(33-23(18)25)9-17(29-4)21(30-5)22(19)31-6/h7-9,24H,10-11H2,1-6H3. The van der Waals surface area contributed by atoms with Crippen molar-refractivity contribution in [2.45, 2.75) is 6.61 Å². The lowest BCUT2D eigenvalue weighted by molar-refractivity contribution is -0.0389. The summed E-state index contributed by atoms with van der Waals surface area (Å²) < 4.78 is 42.9. The fourth-order valence-electron chi connectivity index (χ4n) is 3.56. The molecule has 0 aliphatic carbocycles. The Balaban J connectivity index is 2.38. The van der Waals surface area contributed by atoms with Crippen LogP contribution < -0.4 is 29.3 Å². The Kier molecular flexibility index (Phi) is 7.52. The van der Waals surface area contributed by atoms with Crippen LogP contribution in [0.2, 0.25) is 0 Å². The van der Waals surface area contributed by atoms with Gasteiger partial charge in [0.25, 0.3) is 0 Å². The first kappa shape index (κ1) is 24.0. The van der Waals surface area contributed by atoms with Gasteiger partial charge in [-0.2, -0.15) is 0 Å². The van der Waals surface area contributed by atoms with Crippen LogP contribution in [0.3, 0.4) is 0 Å². The third kappa shape index (κ3) is 4.35. The Bertz CT molecular complexity index is 1200. The lowest BCUT2D eigenvalue weighted by Crippen LogP contribution is -2.08. The molecule has 3 rings (SSSR count). The molecule has 0 saturated heterocycles. The average molecular weight is 462 g/mol. The first-order valence-corrected chi connectivity index (χ1v) is 9.76. The van der Waals surface area contributed by atoms with E-state index in [1.807, 2.05) is 0 Å². The third-order valence-electron chi connectivity index (χ3n) is 5.01. The molecule has 0 aliphatic heterocycles. The third-order valence-corrected chi connectivity index (χ3v) is 5.01. The molecule has 1 heterocycles. The molecule has 0 unspecified atom stereocenters. The molecule has 2 aromatic carbocycles. The Morgan fingerprint density at radius 2 is 1.45 bits per heavy atom. The molecule has 1 aromatic heterocycles. The molecule has 10 nitrogen and oxygen atoms in total. The highest BCUT2D eigenvalue weighted by molar-refractivity contribution is 5.98. The maximum Gasteiger partial charge on any atom is 0.348 e. The molecule has 0 amide bonds. The summed E-state index contributed by atoms with van der Waals surface area (Å²) in [7, 11) is 8.72. The number of aromatic hydroxyl groups is 1. The Morgan fingerprint density at radius 1 is 0.818 bits per heavy atom. The maximum atomic E-state index is 13.1. The summed E-state index contributed by atoms with van der Waals surface area (Å²) in [5, 5.41) is 11.4. The molecule has 10 heteroatoms. The van der Waals surface area contributed by atoms with Crippen molar-refractivity contribution >= 4 is 11.0 Å². The maximum absolute atomic E-state index is 13.1. The monoisotopic (exact) mass is 462 g/mol. The van der Waals surface area contributed by atoms with Gasteiger partial charge in [0.2, 0.25) is 5.75 Å². The van der Waals surface area contributed by atoms with Crippen LogP contribution >= 0.6 is 0 Å². The highest BCUT2D eigenvalue weighted by Crippen LogP contribution is 2.49. The van der Waals surface area contributed by atoms with Crippen molar-refractivity contribution in [1.82, 2.24) is 0 Å². The van der Waals surface area contributed by atoms with E-state index < -0.39 is 5.63 Å². The van der Waals surface area contributed by atoms with Crippen molar-refractivity contribution in [3.63, 3.8) is 0 Å². The number of rotatable bonds is 10. The van der Waals surface area contributed by atoms with E-state index in [4.69, 9.17) is 37.6 Å². The van der Waals surface area contributed by atoms with E-state index >= 15 is 0 Å². The quantitative estimate of drug-likeness (QED) is 0.273. The van der Waals surface area contributed by atoms with Gasteiger partial charge in [-0.1, -0.05) is 0 Å². The number of ether oxygens (including phenoxy) is 7. The second-order valence-corrected chi connectivity index (χ2v) is 6.75. The minimum atomic E-state index is -0.783. The zero-order valence-corrected chi connectivity index (χ0v) is 19.3. The average Bonchev–Trinajstić information content (AvgIpc) is 2.82. The molecule has 0 bridgehead atoms. The van der Waals surface area contributed by atoms with Crippen LogP contribution in [0.15, 0.2) is 27.4 Å². The van der Waals surface area contributed by atoms with Crippen molar-refractivity contribution in [2.75, 3.05) is 49.5 Å². The van der Waals surface area contributed by atoms with Crippen molar-refractivity contribution in [3.8, 4) is 45.6 Å². The van der Waals surface area contributed by atoms with Crippen molar-refractivity contribution in [2.24, 2.45) is 0 Å². The van der Waals surface area contributed by atoms with Crippen molar-refractivity contribution in [3.05, 3.63) is 34.2 Å². The number of benzene rings is 2. The van der Waals surface area contributed by atoms with Gasteiger partial charge in [-0.3, -0.25) is 0 Å². The molecule has 178 valence electrons. The van der Waals surface area contributed by atoms with E-state index in [1.165, 1.54) is 48.7 Å². The second kappa shape index (κ2) is 10.3. The summed E-state index contributed by atoms with van der Waals surface area (Å²) in [5.41, 5.74) is 0.0349. The van der Waals surface area contributed by atoms with Gasteiger partial charge < -0.3 is 42.7 Å². The molecule has 0 saturated carbocycles. The highest BCUT2D eigenvalue weighted by Gasteiger charge is 2.27. The van der Waals surface area contributed by atoms with Crippen LogP contribution in [0.1, 0.15) is 5.56 Å². The number of methoxy groups -OCH3 is 6. The normalized spacial score (nSPS) is 10.8. The largest absolute Gasteiger partial charge is 0.506 e. The summed E-state index contributed by atoms with van der Waals surface area (Å²) in [4.78, 5) is 13.1. The topological polar surface area (TPSA) is 115 Å². The number of hydrogen-bond acceptors (Lipinski definition) is 10. The first-order valence-electron chi connectivity index (χ1n) is 9.76. The first-order chi connectivity index (χ1) is 15.9. The van der Waals surface area contributed by atoms with Crippen LogP contribution in [0.4, 0.5) is 0 Å². The lowest BCUT2D eigenvalue weighted by Gasteiger charge is -2.18. The van der Waals surface area contributed by atoms with Gasteiger partial charge in [0, 0.05) is 18.7 Å². The second-order valence-electron chi connectivity index (χ2n) is 6.75. The predicted molar refractivity (Wildman–Crippen MR) is 119 cm³/mol. The van der Waals surface area contributed by atoms with Gasteiger partial charge in [0.05, 0.1) is 42.2 Å². The molecule has 0 aliphatic rings. The summed E-state index contributed by atoms with van der Waals surface area (Å²) in [6.45, 7) is 0.0838. The number of fused-ring (bicyclic) bond motifs is 1. The Labute approximate surface area is 190 Å². The molecule has 33 heavy (non-hydrogen) atoms. The van der Waals surface area contributed by atoms with E-state index in [0.29, 0.717) is 22.6 Å². The lowest BCUT2D eigenvalue weighted by atomic mass is 9.98. The summed E-state index contributed by atoms with van der Waals surface area (Å²) in [5.74, 6) is 1.06. The van der Waals surface area contributed by atoms with E-state index in [1.54, 1.807) is 12.1 Å². The van der Waals surface area contributed by atoms with Crippen molar-refractivity contribution in [1.29, 1.82) is 0 Å². The van der Waals surface area contributed by atoms with Gasteiger partial charge in [0.1, 0.15) is 29.1 Å². The van der Waals surface area contributed by atoms with Gasteiger partial charge in [-0.15, -0.1) is 0 Å². The van der Waals surface area contributed by atoms with Crippen LogP contribution in [-0.4, -0.2) is 54.6 Å². The molecule has 0 spiro atoms. The van der Waals surface area contributed by atoms with Gasteiger partial charge in [-0.05, 0) is 17.7 Å². The molecule has 1 N–H and O–H groups in total. The van der Waals surface area contributed by atoms with Crippen molar-refractivity contribution < 1.29 is 42.7 Å². The van der Waals surface area contributed by atoms with E-state index in [9.17, 15) is 9.90 Å². The van der Waals surface area contributed by atoms with E-state index in [0.717, 1.165) is 0 Å². The SMILES string of the molecule is COCOCc1cc(OC)c(OC)cc1-c1c(O)c2c(OC)c(OC)c(OC)cc2oc1=O. The summed E-state index contributed by atoms with van der Waals surface area (Å²) in [6.07, 6.45) is 0. The predicted octanol–water partition coefficient (Wildman–Crippen LogP) is 3.33.